The van der Waals surface area contributed by atoms with Gasteiger partial charge in [0.2, 0.25) is 5.91 Å². The first-order valence-electron chi connectivity index (χ1n) is 5.38. The lowest BCUT2D eigenvalue weighted by molar-refractivity contribution is -0.120. The number of carbonyl (C=O) groups is 1. The fraction of sp³-hybridized carbons (Fsp3) is 0.333. The van der Waals surface area contributed by atoms with Crippen LogP contribution in [0.15, 0.2) is 30.6 Å². The Morgan fingerprint density at radius 1 is 1.33 bits per heavy atom. The van der Waals surface area contributed by atoms with E-state index in [2.05, 4.69) is 10.3 Å². The summed E-state index contributed by atoms with van der Waals surface area (Å²) >= 11 is 0. The second kappa shape index (κ2) is 6.85. The van der Waals surface area contributed by atoms with E-state index in [1.165, 1.54) is 6.08 Å². The summed E-state index contributed by atoms with van der Waals surface area (Å²) in [5.74, 6) is -0.518. The molecule has 0 fully saturated rings. The van der Waals surface area contributed by atoms with Crippen molar-refractivity contribution in [2.75, 3.05) is 19.8 Å². The van der Waals surface area contributed by atoms with E-state index in [0.29, 0.717) is 0 Å². The monoisotopic (exact) mass is 252 g/mol. The van der Waals surface area contributed by atoms with Crippen LogP contribution in [0.3, 0.4) is 0 Å². The Morgan fingerprint density at radius 2 is 2.00 bits per heavy atom. The van der Waals surface area contributed by atoms with Gasteiger partial charge in [0.1, 0.15) is 5.54 Å². The molecule has 1 rings (SSSR count). The van der Waals surface area contributed by atoms with Crippen LogP contribution in [0.5, 0.6) is 0 Å². The SMILES string of the molecule is O=C(/C=C/c1cccnc1)NC(CO)(CO)CO. The molecular formula is C12H16N2O4. The van der Waals surface area contributed by atoms with Gasteiger partial charge in [0.15, 0.2) is 0 Å². The third kappa shape index (κ3) is 3.92. The zero-order valence-electron chi connectivity index (χ0n) is 9.78. The highest BCUT2D eigenvalue weighted by Gasteiger charge is 2.28. The third-order valence-corrected chi connectivity index (χ3v) is 2.41. The smallest absolute Gasteiger partial charge is 0.244 e. The Kier molecular flexibility index (Phi) is 5.44. The van der Waals surface area contributed by atoms with Crippen molar-refractivity contribution in [1.29, 1.82) is 0 Å². The number of pyridine rings is 1. The Hall–Kier alpha value is -1.76. The van der Waals surface area contributed by atoms with E-state index in [0.717, 1.165) is 5.56 Å². The lowest BCUT2D eigenvalue weighted by atomic mass is 10.0. The zero-order valence-corrected chi connectivity index (χ0v) is 9.78. The molecule has 1 amide bonds. The van der Waals surface area contributed by atoms with Crippen LogP contribution in [0.1, 0.15) is 5.56 Å². The Balaban J connectivity index is 2.64. The molecule has 0 aliphatic heterocycles. The van der Waals surface area contributed by atoms with Crippen molar-refractivity contribution in [1.82, 2.24) is 10.3 Å². The topological polar surface area (TPSA) is 103 Å². The lowest BCUT2D eigenvalue weighted by Gasteiger charge is -2.27. The van der Waals surface area contributed by atoms with Crippen LogP contribution >= 0.6 is 0 Å². The number of carbonyl (C=O) groups excluding carboxylic acids is 1. The third-order valence-electron chi connectivity index (χ3n) is 2.41. The zero-order chi connectivity index (χ0) is 13.4. The molecule has 0 saturated carbocycles. The van der Waals surface area contributed by atoms with Gasteiger partial charge in [0, 0.05) is 18.5 Å². The molecule has 0 aliphatic carbocycles. The van der Waals surface area contributed by atoms with Crippen molar-refractivity contribution in [3.05, 3.63) is 36.2 Å². The number of hydrogen-bond acceptors (Lipinski definition) is 5. The minimum atomic E-state index is -1.41. The van der Waals surface area contributed by atoms with Gasteiger partial charge in [-0.05, 0) is 17.7 Å². The number of nitrogens with zero attached hydrogens (tertiary/aromatic N) is 1. The highest BCUT2D eigenvalue weighted by Crippen LogP contribution is 2.03. The standard InChI is InChI=1S/C12H16N2O4/c15-7-12(8-16,9-17)14-11(18)4-3-10-2-1-5-13-6-10/h1-6,15-17H,7-9H2,(H,14,18)/b4-3+. The lowest BCUT2D eigenvalue weighted by Crippen LogP contribution is -2.56. The first kappa shape index (κ1) is 14.3. The molecule has 0 radical (unpaired) electrons. The first-order valence-corrected chi connectivity index (χ1v) is 5.38. The maximum Gasteiger partial charge on any atom is 0.244 e. The fourth-order valence-corrected chi connectivity index (χ4v) is 1.22. The molecule has 98 valence electrons. The number of aromatic nitrogens is 1. The Labute approximate surface area is 105 Å². The number of aliphatic hydroxyl groups is 3. The van der Waals surface area contributed by atoms with E-state index in [4.69, 9.17) is 15.3 Å². The van der Waals surface area contributed by atoms with E-state index in [1.807, 2.05) is 0 Å². The van der Waals surface area contributed by atoms with Crippen molar-refractivity contribution >= 4 is 12.0 Å². The first-order chi connectivity index (χ1) is 8.65. The Bertz CT molecular complexity index is 394. The van der Waals surface area contributed by atoms with Crippen molar-refractivity contribution in [3.8, 4) is 0 Å². The van der Waals surface area contributed by atoms with E-state index >= 15 is 0 Å². The molecule has 0 spiro atoms. The summed E-state index contributed by atoms with van der Waals surface area (Å²) in [6, 6.07) is 3.51. The van der Waals surface area contributed by atoms with Crippen molar-refractivity contribution in [3.63, 3.8) is 0 Å². The predicted octanol–water partition coefficient (Wildman–Crippen LogP) is -1.07. The normalized spacial score (nSPS) is 11.7. The molecular weight excluding hydrogens is 236 g/mol. The molecule has 6 nitrogen and oxygen atoms in total. The molecule has 0 bridgehead atoms. The van der Waals surface area contributed by atoms with E-state index < -0.39 is 31.3 Å². The quantitative estimate of drug-likeness (QED) is 0.483. The molecule has 1 aromatic rings. The molecule has 4 N–H and O–H groups in total. The minimum Gasteiger partial charge on any atom is -0.394 e. The summed E-state index contributed by atoms with van der Waals surface area (Å²) < 4.78 is 0. The Morgan fingerprint density at radius 3 is 2.50 bits per heavy atom. The molecule has 18 heavy (non-hydrogen) atoms. The number of amides is 1. The van der Waals surface area contributed by atoms with Crippen LogP contribution in [-0.4, -0.2) is 51.6 Å². The average molecular weight is 252 g/mol. The van der Waals surface area contributed by atoms with E-state index in [-0.39, 0.29) is 0 Å². The van der Waals surface area contributed by atoms with Crippen molar-refractivity contribution in [2.24, 2.45) is 0 Å². The summed E-state index contributed by atoms with van der Waals surface area (Å²) in [7, 11) is 0. The van der Waals surface area contributed by atoms with Gasteiger partial charge in [-0.2, -0.15) is 0 Å². The number of rotatable bonds is 6. The van der Waals surface area contributed by atoms with Gasteiger partial charge in [0.05, 0.1) is 19.8 Å². The van der Waals surface area contributed by atoms with Gasteiger partial charge in [-0.3, -0.25) is 9.78 Å². The number of hydrogen-bond donors (Lipinski definition) is 4. The number of nitrogens with one attached hydrogen (secondary N) is 1. The van der Waals surface area contributed by atoms with Gasteiger partial charge >= 0.3 is 0 Å². The van der Waals surface area contributed by atoms with Gasteiger partial charge in [-0.15, -0.1) is 0 Å². The molecule has 0 unspecified atom stereocenters. The highest BCUT2D eigenvalue weighted by molar-refractivity contribution is 5.92. The molecule has 0 atom stereocenters. The van der Waals surface area contributed by atoms with Crippen molar-refractivity contribution < 1.29 is 20.1 Å². The predicted molar refractivity (Wildman–Crippen MR) is 65.4 cm³/mol. The van der Waals surface area contributed by atoms with Gasteiger partial charge < -0.3 is 20.6 Å². The van der Waals surface area contributed by atoms with Crippen LogP contribution in [0.2, 0.25) is 0 Å². The molecule has 1 aromatic heterocycles. The summed E-state index contributed by atoms with van der Waals surface area (Å²) in [6.45, 7) is -1.65. The average Bonchev–Trinajstić information content (AvgIpc) is 2.44. The second-order valence-electron chi connectivity index (χ2n) is 3.86. The summed E-state index contributed by atoms with van der Waals surface area (Å²) in [4.78, 5) is 15.4. The fourth-order valence-electron chi connectivity index (χ4n) is 1.22. The van der Waals surface area contributed by atoms with Gasteiger partial charge in [-0.1, -0.05) is 6.07 Å². The van der Waals surface area contributed by atoms with E-state index in [9.17, 15) is 4.79 Å². The molecule has 6 heteroatoms. The number of aliphatic hydroxyl groups excluding tert-OH is 3. The van der Waals surface area contributed by atoms with Crippen LogP contribution in [0, 0.1) is 0 Å². The highest BCUT2D eigenvalue weighted by atomic mass is 16.3. The largest absolute Gasteiger partial charge is 0.394 e. The molecule has 0 aromatic carbocycles. The van der Waals surface area contributed by atoms with E-state index in [1.54, 1.807) is 30.6 Å². The minimum absolute atomic E-state index is 0.518. The van der Waals surface area contributed by atoms with Crippen LogP contribution in [0.25, 0.3) is 6.08 Å². The van der Waals surface area contributed by atoms with Gasteiger partial charge in [0.25, 0.3) is 0 Å². The summed E-state index contributed by atoms with van der Waals surface area (Å²) in [6.07, 6.45) is 5.98. The second-order valence-corrected chi connectivity index (χ2v) is 3.86. The molecule has 0 aliphatic rings. The van der Waals surface area contributed by atoms with Crippen LogP contribution < -0.4 is 5.32 Å². The molecule has 1 heterocycles. The van der Waals surface area contributed by atoms with Gasteiger partial charge in [-0.25, -0.2) is 0 Å². The summed E-state index contributed by atoms with van der Waals surface area (Å²) in [5.41, 5.74) is -0.661. The van der Waals surface area contributed by atoms with Crippen molar-refractivity contribution in [2.45, 2.75) is 5.54 Å². The van der Waals surface area contributed by atoms with Crippen LogP contribution in [-0.2, 0) is 4.79 Å². The molecule has 0 saturated heterocycles. The maximum absolute atomic E-state index is 11.6. The summed E-state index contributed by atoms with van der Waals surface area (Å²) in [5, 5.41) is 29.5. The maximum atomic E-state index is 11.6. The van der Waals surface area contributed by atoms with Crippen LogP contribution in [0.4, 0.5) is 0 Å².